The number of aromatic nitrogens is 3. The lowest BCUT2D eigenvalue weighted by atomic mass is 9.99. The lowest BCUT2D eigenvalue weighted by molar-refractivity contribution is -0.142. The fourth-order valence-electron chi connectivity index (χ4n) is 4.03. The summed E-state index contributed by atoms with van der Waals surface area (Å²) in [5.41, 5.74) is 0.799. The van der Waals surface area contributed by atoms with E-state index in [4.69, 9.17) is 0 Å². The Balaban J connectivity index is 1.86. The molecule has 1 saturated heterocycles. The number of halogens is 3. The van der Waals surface area contributed by atoms with Crippen LogP contribution < -0.4 is 0 Å². The molecule has 0 radical (unpaired) electrons. The Bertz CT molecular complexity index is 1070. The van der Waals surface area contributed by atoms with E-state index in [1.54, 1.807) is 17.0 Å². The molecule has 158 valence electrons. The van der Waals surface area contributed by atoms with Crippen molar-refractivity contribution in [3.63, 3.8) is 0 Å². The first kappa shape index (κ1) is 20.4. The molecule has 0 spiro atoms. The highest BCUT2D eigenvalue weighted by atomic mass is 19.4. The van der Waals surface area contributed by atoms with Crippen molar-refractivity contribution in [2.45, 2.75) is 51.7 Å². The van der Waals surface area contributed by atoms with Crippen LogP contribution in [0.25, 0.3) is 16.9 Å². The van der Waals surface area contributed by atoms with E-state index in [9.17, 15) is 18.0 Å². The third-order valence-corrected chi connectivity index (χ3v) is 5.70. The van der Waals surface area contributed by atoms with Crippen molar-refractivity contribution in [1.29, 1.82) is 0 Å². The number of amides is 1. The van der Waals surface area contributed by atoms with E-state index in [1.807, 2.05) is 26.0 Å². The minimum absolute atomic E-state index is 0.0640. The van der Waals surface area contributed by atoms with E-state index in [0.29, 0.717) is 12.1 Å². The maximum Gasteiger partial charge on any atom is 0.433 e. The van der Waals surface area contributed by atoms with Gasteiger partial charge in [-0.3, -0.25) is 4.79 Å². The Kier molecular flexibility index (Phi) is 5.26. The summed E-state index contributed by atoms with van der Waals surface area (Å²) in [6.45, 7) is 4.51. The highest BCUT2D eigenvalue weighted by molar-refractivity contribution is 6.00. The average Bonchev–Trinajstić information content (AvgIpc) is 3.16. The number of aryl methyl sites for hydroxylation is 1. The van der Waals surface area contributed by atoms with Gasteiger partial charge in [-0.2, -0.15) is 18.3 Å². The van der Waals surface area contributed by atoms with Gasteiger partial charge in [0.05, 0.1) is 11.9 Å². The first-order chi connectivity index (χ1) is 14.3. The number of benzene rings is 1. The van der Waals surface area contributed by atoms with Crippen molar-refractivity contribution in [2.24, 2.45) is 0 Å². The van der Waals surface area contributed by atoms with Gasteiger partial charge in [0.25, 0.3) is 5.91 Å². The Morgan fingerprint density at radius 1 is 1.20 bits per heavy atom. The fraction of sp³-hybridized carbons (Fsp3) is 0.409. The third-order valence-electron chi connectivity index (χ3n) is 5.70. The normalized spacial score (nSPS) is 17.5. The van der Waals surface area contributed by atoms with Crippen LogP contribution in [0.2, 0.25) is 0 Å². The minimum atomic E-state index is -4.63. The number of rotatable bonds is 3. The number of hydrogen-bond donors (Lipinski definition) is 0. The van der Waals surface area contributed by atoms with Gasteiger partial charge in [0, 0.05) is 18.2 Å². The summed E-state index contributed by atoms with van der Waals surface area (Å²) in [5, 5.41) is 3.89. The molecule has 0 bridgehead atoms. The maximum atomic E-state index is 13.8. The van der Waals surface area contributed by atoms with Gasteiger partial charge in [0.2, 0.25) is 0 Å². The molecule has 0 aliphatic carbocycles. The van der Waals surface area contributed by atoms with Gasteiger partial charge in [-0.15, -0.1) is 0 Å². The van der Waals surface area contributed by atoms with E-state index in [1.165, 1.54) is 6.20 Å². The molecule has 30 heavy (non-hydrogen) atoms. The van der Waals surface area contributed by atoms with E-state index in [-0.39, 0.29) is 28.9 Å². The predicted octanol–water partition coefficient (Wildman–Crippen LogP) is 5.13. The van der Waals surface area contributed by atoms with Gasteiger partial charge >= 0.3 is 6.18 Å². The Morgan fingerprint density at radius 3 is 2.60 bits per heavy atom. The smallest absolute Gasteiger partial charge is 0.336 e. The van der Waals surface area contributed by atoms with Crippen LogP contribution in [-0.2, 0) is 6.18 Å². The van der Waals surface area contributed by atoms with Gasteiger partial charge in [-0.05, 0) is 38.7 Å². The van der Waals surface area contributed by atoms with Gasteiger partial charge in [0.1, 0.15) is 5.56 Å². The summed E-state index contributed by atoms with van der Waals surface area (Å²) in [4.78, 5) is 19.4. The molecular formula is C22H23F3N4O. The van der Waals surface area contributed by atoms with Gasteiger partial charge in [-0.1, -0.05) is 36.8 Å². The Hall–Kier alpha value is -2.90. The van der Waals surface area contributed by atoms with Crippen LogP contribution in [0.4, 0.5) is 13.2 Å². The second kappa shape index (κ2) is 7.74. The van der Waals surface area contributed by atoms with Crippen LogP contribution in [0, 0.1) is 6.92 Å². The molecule has 3 aromatic rings. The lowest BCUT2D eigenvalue weighted by Crippen LogP contribution is -2.43. The van der Waals surface area contributed by atoms with E-state index in [2.05, 4.69) is 10.1 Å². The zero-order valence-electron chi connectivity index (χ0n) is 16.9. The first-order valence-electron chi connectivity index (χ1n) is 10.1. The average molecular weight is 416 g/mol. The van der Waals surface area contributed by atoms with Crippen molar-refractivity contribution in [2.75, 3.05) is 6.54 Å². The van der Waals surface area contributed by atoms with Crippen molar-refractivity contribution in [3.8, 4) is 11.3 Å². The number of carbonyl (C=O) groups excluding carboxylic acids is 1. The number of nitrogens with zero attached hydrogens (tertiary/aromatic N) is 4. The standard InChI is InChI=1S/C22H23F3N4O/c1-3-16-6-4-5-11-28(16)21(30)17-13-26-29-19(22(23,24)25)12-18(27-20(17)29)15-9-7-14(2)8-10-15/h7-10,12-13,16H,3-6,11H2,1-2H3/t16-/m0/s1. The van der Waals surface area contributed by atoms with Crippen molar-refractivity contribution in [3.05, 3.63) is 53.3 Å². The predicted molar refractivity (Wildman–Crippen MR) is 107 cm³/mol. The van der Waals surface area contributed by atoms with Gasteiger partial charge < -0.3 is 4.90 Å². The summed E-state index contributed by atoms with van der Waals surface area (Å²) in [6.07, 6.45) is 0.213. The second-order valence-electron chi connectivity index (χ2n) is 7.74. The van der Waals surface area contributed by atoms with Gasteiger partial charge in [0.15, 0.2) is 11.3 Å². The molecule has 0 unspecified atom stereocenters. The summed E-state index contributed by atoms with van der Waals surface area (Å²) < 4.78 is 42.1. The number of alkyl halides is 3. The van der Waals surface area contributed by atoms with Crippen LogP contribution >= 0.6 is 0 Å². The van der Waals surface area contributed by atoms with Crippen LogP contribution in [0.3, 0.4) is 0 Å². The fourth-order valence-corrected chi connectivity index (χ4v) is 4.03. The molecule has 1 aliphatic rings. The Morgan fingerprint density at radius 2 is 1.93 bits per heavy atom. The molecule has 1 aromatic carbocycles. The van der Waals surface area contributed by atoms with Gasteiger partial charge in [-0.25, -0.2) is 9.50 Å². The summed E-state index contributed by atoms with van der Waals surface area (Å²) in [5.74, 6) is -0.307. The summed E-state index contributed by atoms with van der Waals surface area (Å²) >= 11 is 0. The molecular weight excluding hydrogens is 393 g/mol. The molecule has 0 saturated carbocycles. The summed E-state index contributed by atoms with van der Waals surface area (Å²) in [7, 11) is 0. The molecule has 1 amide bonds. The number of likely N-dealkylation sites (tertiary alicyclic amines) is 1. The highest BCUT2D eigenvalue weighted by Crippen LogP contribution is 2.33. The first-order valence-corrected chi connectivity index (χ1v) is 10.1. The minimum Gasteiger partial charge on any atom is -0.336 e. The number of hydrogen-bond acceptors (Lipinski definition) is 3. The van der Waals surface area contributed by atoms with Crippen LogP contribution in [0.15, 0.2) is 36.5 Å². The molecule has 2 aromatic heterocycles. The number of carbonyl (C=O) groups is 1. The van der Waals surface area contributed by atoms with E-state index < -0.39 is 11.9 Å². The monoisotopic (exact) mass is 416 g/mol. The highest BCUT2D eigenvalue weighted by Gasteiger charge is 2.37. The quantitative estimate of drug-likeness (QED) is 0.595. The molecule has 8 heteroatoms. The van der Waals surface area contributed by atoms with E-state index in [0.717, 1.165) is 41.8 Å². The third kappa shape index (κ3) is 3.66. The zero-order valence-corrected chi connectivity index (χ0v) is 16.9. The zero-order chi connectivity index (χ0) is 21.5. The summed E-state index contributed by atoms with van der Waals surface area (Å²) in [6, 6.07) is 8.15. The van der Waals surface area contributed by atoms with Crippen LogP contribution in [0.1, 0.15) is 54.2 Å². The van der Waals surface area contributed by atoms with Crippen LogP contribution in [0.5, 0.6) is 0 Å². The van der Waals surface area contributed by atoms with Crippen molar-refractivity contribution in [1.82, 2.24) is 19.5 Å². The lowest BCUT2D eigenvalue weighted by Gasteiger charge is -2.35. The number of fused-ring (bicyclic) bond motifs is 1. The van der Waals surface area contributed by atoms with Crippen LogP contribution in [-0.4, -0.2) is 38.0 Å². The van der Waals surface area contributed by atoms with E-state index >= 15 is 0 Å². The molecule has 1 fully saturated rings. The second-order valence-corrected chi connectivity index (χ2v) is 7.74. The molecule has 1 aliphatic heterocycles. The molecule has 1 atom stereocenters. The topological polar surface area (TPSA) is 50.5 Å². The number of piperidine rings is 1. The molecule has 4 rings (SSSR count). The van der Waals surface area contributed by atoms with Crippen molar-refractivity contribution < 1.29 is 18.0 Å². The maximum absolute atomic E-state index is 13.8. The SMILES string of the molecule is CC[C@H]1CCCCN1C(=O)c1cnn2c(C(F)(F)F)cc(-c3ccc(C)cc3)nc12. The Labute approximate surface area is 172 Å². The molecule has 3 heterocycles. The largest absolute Gasteiger partial charge is 0.433 e. The molecule has 0 N–H and O–H groups in total. The molecule has 5 nitrogen and oxygen atoms in total. The van der Waals surface area contributed by atoms with Crippen molar-refractivity contribution >= 4 is 11.6 Å².